The molecule has 0 amide bonds. The summed E-state index contributed by atoms with van der Waals surface area (Å²) in [6, 6.07) is 0.829. The molecule has 15 heavy (non-hydrogen) atoms. The molecular weight excluding hydrogens is 192 g/mol. The highest BCUT2D eigenvalue weighted by molar-refractivity contribution is 4.90. The van der Waals surface area contributed by atoms with Crippen molar-refractivity contribution in [3.63, 3.8) is 0 Å². The second kappa shape index (κ2) is 4.24. The van der Waals surface area contributed by atoms with E-state index in [1.165, 1.54) is 6.42 Å². The second-order valence-electron chi connectivity index (χ2n) is 4.28. The van der Waals surface area contributed by atoms with Crippen LogP contribution in [0.3, 0.4) is 0 Å². The molecule has 0 aliphatic carbocycles. The van der Waals surface area contributed by atoms with Crippen LogP contribution in [0.15, 0.2) is 0 Å². The Hall–Kier alpha value is -1.01. The summed E-state index contributed by atoms with van der Waals surface area (Å²) < 4.78 is 1.87. The molecule has 0 radical (unpaired) electrons. The van der Waals surface area contributed by atoms with Crippen LogP contribution in [0, 0.1) is 0 Å². The molecule has 1 aromatic rings. The Balaban J connectivity index is 2.01. The van der Waals surface area contributed by atoms with Crippen LogP contribution in [-0.4, -0.2) is 44.2 Å². The number of hydrogen-bond acceptors (Lipinski definition) is 5. The molecule has 0 bridgehead atoms. The van der Waals surface area contributed by atoms with Gasteiger partial charge in [0.25, 0.3) is 0 Å². The molecule has 1 unspecified atom stereocenters. The highest BCUT2D eigenvalue weighted by atomic mass is 15.6. The third-order valence-corrected chi connectivity index (χ3v) is 2.93. The molecule has 1 fully saturated rings. The Morgan fingerprint density at radius 3 is 2.87 bits per heavy atom. The highest BCUT2D eigenvalue weighted by Gasteiger charge is 2.28. The number of likely N-dealkylation sites (tertiary alicyclic amines) is 1. The minimum absolute atomic E-state index is 0.313. The largest absolute Gasteiger partial charge is 0.329 e. The molecule has 1 aliphatic rings. The van der Waals surface area contributed by atoms with Crippen LogP contribution < -0.4 is 5.73 Å². The first-order valence-corrected chi connectivity index (χ1v) is 5.43. The Morgan fingerprint density at radius 1 is 1.53 bits per heavy atom. The van der Waals surface area contributed by atoms with E-state index in [4.69, 9.17) is 5.73 Å². The maximum Gasteiger partial charge on any atom is 0.165 e. The lowest BCUT2D eigenvalue weighted by Gasteiger charge is -2.39. The van der Waals surface area contributed by atoms with Crippen molar-refractivity contribution >= 4 is 0 Å². The molecule has 0 aromatic carbocycles. The molecule has 0 saturated carbocycles. The normalized spacial score (nSPS) is 22.0. The van der Waals surface area contributed by atoms with Crippen molar-refractivity contribution in [3.8, 4) is 0 Å². The summed E-state index contributed by atoms with van der Waals surface area (Å²) in [6.45, 7) is 6.80. The molecule has 2 rings (SSSR count). The lowest BCUT2D eigenvalue weighted by molar-refractivity contribution is 0.0827. The Kier molecular flexibility index (Phi) is 2.97. The molecule has 2 heterocycles. The molecular formula is C9H18N6. The summed E-state index contributed by atoms with van der Waals surface area (Å²) in [6.07, 6.45) is 1.19. The molecule has 0 spiro atoms. The smallest absolute Gasteiger partial charge is 0.165 e. The van der Waals surface area contributed by atoms with Gasteiger partial charge in [-0.25, -0.2) is 4.68 Å². The highest BCUT2D eigenvalue weighted by Crippen LogP contribution is 2.19. The lowest BCUT2D eigenvalue weighted by atomic mass is 10.0. The maximum absolute atomic E-state index is 5.65. The topological polar surface area (TPSA) is 72.9 Å². The Morgan fingerprint density at radius 2 is 2.33 bits per heavy atom. The number of hydrogen-bond donors (Lipinski definition) is 1. The lowest BCUT2D eigenvalue weighted by Crippen LogP contribution is -2.51. The van der Waals surface area contributed by atoms with E-state index in [1.807, 2.05) is 4.68 Å². The Bertz CT molecular complexity index is 318. The molecule has 6 nitrogen and oxygen atoms in total. The van der Waals surface area contributed by atoms with Crippen molar-refractivity contribution in [2.45, 2.75) is 38.9 Å². The van der Waals surface area contributed by atoms with E-state index >= 15 is 0 Å². The first kappa shape index (κ1) is 10.5. The third kappa shape index (κ3) is 2.00. The minimum atomic E-state index is 0.313. The zero-order valence-electron chi connectivity index (χ0n) is 9.30. The molecule has 2 N–H and O–H groups in total. The first-order chi connectivity index (χ1) is 7.22. The fourth-order valence-electron chi connectivity index (χ4n) is 1.87. The summed E-state index contributed by atoms with van der Waals surface area (Å²) in [5.74, 6) is 0.933. The number of nitrogens with zero attached hydrogens (tertiary/aromatic N) is 5. The van der Waals surface area contributed by atoms with E-state index < -0.39 is 0 Å². The van der Waals surface area contributed by atoms with Crippen LogP contribution in [-0.2, 0) is 6.54 Å². The van der Waals surface area contributed by atoms with Crippen LogP contribution in [0.4, 0.5) is 0 Å². The van der Waals surface area contributed by atoms with E-state index in [0.29, 0.717) is 12.1 Å². The van der Waals surface area contributed by atoms with Crippen molar-refractivity contribution < 1.29 is 0 Å². The zero-order valence-corrected chi connectivity index (χ0v) is 9.30. The van der Waals surface area contributed by atoms with Crippen LogP contribution in [0.5, 0.6) is 0 Å². The zero-order chi connectivity index (χ0) is 10.8. The van der Waals surface area contributed by atoms with Crippen LogP contribution >= 0.6 is 0 Å². The van der Waals surface area contributed by atoms with Gasteiger partial charge in [0.05, 0.1) is 12.6 Å². The molecule has 84 valence electrons. The predicted octanol–water partition coefficient (Wildman–Crippen LogP) is -0.213. The van der Waals surface area contributed by atoms with Crippen molar-refractivity contribution in [3.05, 3.63) is 5.82 Å². The second-order valence-corrected chi connectivity index (χ2v) is 4.28. The third-order valence-electron chi connectivity index (χ3n) is 2.93. The molecule has 1 aromatic heterocycles. The minimum Gasteiger partial charge on any atom is -0.329 e. The van der Waals surface area contributed by atoms with Crippen molar-refractivity contribution in [2.75, 3.05) is 13.1 Å². The Labute approximate surface area is 89.4 Å². The fraction of sp³-hybridized carbons (Fsp3) is 0.889. The summed E-state index contributed by atoms with van der Waals surface area (Å²) in [4.78, 5) is 2.32. The summed E-state index contributed by atoms with van der Waals surface area (Å²) in [5, 5.41) is 11.7. The summed E-state index contributed by atoms with van der Waals surface area (Å²) in [7, 11) is 0. The molecule has 1 aliphatic heterocycles. The first-order valence-electron chi connectivity index (χ1n) is 5.43. The van der Waals surface area contributed by atoms with Crippen LogP contribution in [0.25, 0.3) is 0 Å². The van der Waals surface area contributed by atoms with Gasteiger partial charge in [-0.15, -0.1) is 5.10 Å². The van der Waals surface area contributed by atoms with Gasteiger partial charge in [0.15, 0.2) is 5.82 Å². The average Bonchev–Trinajstić information content (AvgIpc) is 2.61. The van der Waals surface area contributed by atoms with Gasteiger partial charge >= 0.3 is 0 Å². The van der Waals surface area contributed by atoms with Gasteiger partial charge in [-0.05, 0) is 30.7 Å². The van der Waals surface area contributed by atoms with E-state index in [-0.39, 0.29) is 0 Å². The van der Waals surface area contributed by atoms with E-state index in [9.17, 15) is 0 Å². The van der Waals surface area contributed by atoms with Gasteiger partial charge in [-0.3, -0.25) is 4.90 Å². The summed E-state index contributed by atoms with van der Waals surface area (Å²) in [5.41, 5.74) is 5.65. The van der Waals surface area contributed by atoms with Crippen molar-refractivity contribution in [1.82, 2.24) is 25.1 Å². The molecule has 1 atom stereocenters. The van der Waals surface area contributed by atoms with Gasteiger partial charge in [0.1, 0.15) is 0 Å². The van der Waals surface area contributed by atoms with E-state index in [0.717, 1.165) is 25.5 Å². The van der Waals surface area contributed by atoms with E-state index in [1.54, 1.807) is 0 Å². The standard InChI is InChI=1S/C9H18N6/c1-7(2)15-9(11-12-13-15)6-14-4-3-8(14)5-10/h7-8H,3-6,10H2,1-2H3. The van der Waals surface area contributed by atoms with Gasteiger partial charge in [-0.2, -0.15) is 0 Å². The van der Waals surface area contributed by atoms with Crippen molar-refractivity contribution in [2.24, 2.45) is 5.73 Å². The fourth-order valence-corrected chi connectivity index (χ4v) is 1.87. The quantitative estimate of drug-likeness (QED) is 0.744. The predicted molar refractivity (Wildman–Crippen MR) is 56.1 cm³/mol. The van der Waals surface area contributed by atoms with E-state index in [2.05, 4.69) is 34.3 Å². The number of tetrazole rings is 1. The molecule has 1 saturated heterocycles. The number of nitrogens with two attached hydrogens (primary N) is 1. The van der Waals surface area contributed by atoms with Crippen molar-refractivity contribution in [1.29, 1.82) is 0 Å². The average molecular weight is 210 g/mol. The number of aromatic nitrogens is 4. The van der Waals surface area contributed by atoms with Crippen LogP contribution in [0.1, 0.15) is 32.1 Å². The van der Waals surface area contributed by atoms with Gasteiger partial charge in [0.2, 0.25) is 0 Å². The maximum atomic E-state index is 5.65. The summed E-state index contributed by atoms with van der Waals surface area (Å²) >= 11 is 0. The van der Waals surface area contributed by atoms with Gasteiger partial charge in [0, 0.05) is 19.1 Å². The monoisotopic (exact) mass is 210 g/mol. The molecule has 6 heteroatoms. The van der Waals surface area contributed by atoms with Gasteiger partial charge in [-0.1, -0.05) is 0 Å². The van der Waals surface area contributed by atoms with Crippen LogP contribution in [0.2, 0.25) is 0 Å². The van der Waals surface area contributed by atoms with Gasteiger partial charge < -0.3 is 5.73 Å². The SMILES string of the molecule is CC(C)n1nnnc1CN1CCC1CN. The number of rotatable bonds is 4.